The number of para-hydroxylation sites is 1. The van der Waals surface area contributed by atoms with Gasteiger partial charge in [-0.3, -0.25) is 4.79 Å². The SMILES string of the molecule is O=C(CCNc1ncnc2ccccc12)Nc1ccc2nc[nH]c2c1. The van der Waals surface area contributed by atoms with E-state index in [9.17, 15) is 4.79 Å². The van der Waals surface area contributed by atoms with Crippen LogP contribution in [0.1, 0.15) is 6.42 Å². The van der Waals surface area contributed by atoms with E-state index in [2.05, 4.69) is 30.6 Å². The highest BCUT2D eigenvalue weighted by Gasteiger charge is 2.06. The number of H-pyrrole nitrogens is 1. The van der Waals surface area contributed by atoms with Gasteiger partial charge in [0, 0.05) is 24.0 Å². The zero-order chi connectivity index (χ0) is 17.1. The molecule has 2 aromatic carbocycles. The second-order valence-electron chi connectivity index (χ2n) is 5.60. The number of carbonyl (C=O) groups is 1. The van der Waals surface area contributed by atoms with Crippen LogP contribution in [0.15, 0.2) is 55.1 Å². The molecule has 7 heteroatoms. The van der Waals surface area contributed by atoms with Crippen molar-refractivity contribution in [2.75, 3.05) is 17.2 Å². The van der Waals surface area contributed by atoms with Gasteiger partial charge in [0.05, 0.1) is 22.9 Å². The topological polar surface area (TPSA) is 95.6 Å². The summed E-state index contributed by atoms with van der Waals surface area (Å²) in [4.78, 5) is 27.8. The summed E-state index contributed by atoms with van der Waals surface area (Å²) in [6.45, 7) is 0.485. The van der Waals surface area contributed by atoms with Crippen LogP contribution in [0.5, 0.6) is 0 Å². The zero-order valence-corrected chi connectivity index (χ0v) is 13.4. The fraction of sp³-hybridized carbons (Fsp3) is 0.111. The standard InChI is InChI=1S/C18H16N6O/c25-17(24-12-5-6-15-16(9-12)22-10-21-15)7-8-19-18-13-3-1-2-4-14(13)20-11-23-18/h1-6,9-11H,7-8H2,(H,21,22)(H,24,25)(H,19,20,23). The van der Waals surface area contributed by atoms with Crippen LogP contribution >= 0.6 is 0 Å². The number of imidazole rings is 1. The molecule has 4 aromatic rings. The molecule has 0 saturated heterocycles. The highest BCUT2D eigenvalue weighted by atomic mass is 16.1. The van der Waals surface area contributed by atoms with Crippen LogP contribution in [0, 0.1) is 0 Å². The Kier molecular flexibility index (Phi) is 3.96. The zero-order valence-electron chi connectivity index (χ0n) is 13.4. The van der Waals surface area contributed by atoms with E-state index in [4.69, 9.17) is 0 Å². The van der Waals surface area contributed by atoms with Gasteiger partial charge in [0.25, 0.3) is 0 Å². The Morgan fingerprint density at radius 2 is 1.96 bits per heavy atom. The fourth-order valence-electron chi connectivity index (χ4n) is 2.68. The van der Waals surface area contributed by atoms with Gasteiger partial charge in [-0.15, -0.1) is 0 Å². The van der Waals surface area contributed by atoms with Crippen LogP contribution in [-0.4, -0.2) is 32.4 Å². The molecule has 0 radical (unpaired) electrons. The van der Waals surface area contributed by atoms with Crippen molar-refractivity contribution in [3.05, 3.63) is 55.1 Å². The number of aromatic nitrogens is 4. The molecule has 1 amide bonds. The average molecular weight is 332 g/mol. The number of fused-ring (bicyclic) bond motifs is 2. The summed E-state index contributed by atoms with van der Waals surface area (Å²) in [6.07, 6.45) is 3.48. The lowest BCUT2D eigenvalue weighted by atomic mass is 10.2. The Hall–Kier alpha value is -3.48. The van der Waals surface area contributed by atoms with Crippen molar-refractivity contribution < 1.29 is 4.79 Å². The van der Waals surface area contributed by atoms with Gasteiger partial charge in [0.2, 0.25) is 5.91 Å². The smallest absolute Gasteiger partial charge is 0.226 e. The largest absolute Gasteiger partial charge is 0.369 e. The number of anilines is 2. The highest BCUT2D eigenvalue weighted by Crippen LogP contribution is 2.18. The average Bonchev–Trinajstić information content (AvgIpc) is 3.10. The molecule has 0 aliphatic heterocycles. The molecule has 3 N–H and O–H groups in total. The van der Waals surface area contributed by atoms with Crippen LogP contribution in [0.25, 0.3) is 21.9 Å². The molecule has 0 aliphatic rings. The number of nitrogens with one attached hydrogen (secondary N) is 3. The van der Waals surface area contributed by atoms with Crippen LogP contribution in [0.2, 0.25) is 0 Å². The quantitative estimate of drug-likeness (QED) is 0.522. The van der Waals surface area contributed by atoms with Crippen molar-refractivity contribution in [2.24, 2.45) is 0 Å². The minimum absolute atomic E-state index is 0.0651. The van der Waals surface area contributed by atoms with Gasteiger partial charge < -0.3 is 15.6 Å². The molecule has 25 heavy (non-hydrogen) atoms. The maximum atomic E-state index is 12.1. The maximum absolute atomic E-state index is 12.1. The molecular formula is C18H16N6O. The number of hydrogen-bond donors (Lipinski definition) is 3. The van der Waals surface area contributed by atoms with E-state index >= 15 is 0 Å². The molecule has 0 unspecified atom stereocenters. The van der Waals surface area contributed by atoms with E-state index in [0.717, 1.165) is 33.4 Å². The summed E-state index contributed by atoms with van der Waals surface area (Å²) in [5, 5.41) is 7.03. The summed E-state index contributed by atoms with van der Waals surface area (Å²) in [5.74, 6) is 0.669. The lowest BCUT2D eigenvalue weighted by molar-refractivity contribution is -0.115. The monoisotopic (exact) mass is 332 g/mol. The van der Waals surface area contributed by atoms with Crippen molar-refractivity contribution in [1.29, 1.82) is 0 Å². The number of hydrogen-bond acceptors (Lipinski definition) is 5. The van der Waals surface area contributed by atoms with Crippen LogP contribution in [0.4, 0.5) is 11.5 Å². The predicted molar refractivity (Wildman–Crippen MR) is 97.4 cm³/mol. The summed E-state index contributed by atoms with van der Waals surface area (Å²) in [7, 11) is 0. The Labute approximate surface area is 143 Å². The molecule has 0 saturated carbocycles. The second kappa shape index (κ2) is 6.56. The molecule has 4 rings (SSSR count). The Balaban J connectivity index is 1.37. The minimum atomic E-state index is -0.0651. The third kappa shape index (κ3) is 3.25. The summed E-state index contributed by atoms with van der Waals surface area (Å²) >= 11 is 0. The molecule has 0 spiro atoms. The Bertz CT molecular complexity index is 1040. The molecule has 7 nitrogen and oxygen atoms in total. The number of carbonyl (C=O) groups excluding carboxylic acids is 1. The maximum Gasteiger partial charge on any atom is 0.226 e. The van der Waals surface area contributed by atoms with Crippen molar-refractivity contribution in [1.82, 2.24) is 19.9 Å². The number of nitrogens with zero attached hydrogens (tertiary/aromatic N) is 3. The molecule has 2 aromatic heterocycles. The van der Waals surface area contributed by atoms with E-state index < -0.39 is 0 Å². The third-order valence-electron chi connectivity index (χ3n) is 3.89. The van der Waals surface area contributed by atoms with E-state index in [1.54, 1.807) is 6.33 Å². The molecule has 0 bridgehead atoms. The molecule has 0 atom stereocenters. The van der Waals surface area contributed by atoms with E-state index in [1.807, 2.05) is 42.5 Å². The predicted octanol–water partition coefficient (Wildman–Crippen LogP) is 2.95. The Morgan fingerprint density at radius 3 is 2.92 bits per heavy atom. The summed E-state index contributed by atoms with van der Waals surface area (Å²) in [5.41, 5.74) is 3.38. The van der Waals surface area contributed by atoms with Crippen LogP contribution < -0.4 is 10.6 Å². The molecular weight excluding hydrogens is 316 g/mol. The van der Waals surface area contributed by atoms with Gasteiger partial charge in [-0.2, -0.15) is 0 Å². The first-order chi connectivity index (χ1) is 12.3. The number of amides is 1. The number of aromatic amines is 1. The lowest BCUT2D eigenvalue weighted by Gasteiger charge is -2.09. The van der Waals surface area contributed by atoms with E-state index in [-0.39, 0.29) is 5.91 Å². The lowest BCUT2D eigenvalue weighted by Crippen LogP contribution is -2.16. The summed E-state index contributed by atoms with van der Waals surface area (Å²) in [6, 6.07) is 13.3. The number of rotatable bonds is 5. The van der Waals surface area contributed by atoms with Crippen molar-refractivity contribution in [2.45, 2.75) is 6.42 Å². The molecule has 0 aliphatic carbocycles. The van der Waals surface area contributed by atoms with Gasteiger partial charge in [-0.1, -0.05) is 12.1 Å². The van der Waals surface area contributed by atoms with Gasteiger partial charge >= 0.3 is 0 Å². The van der Waals surface area contributed by atoms with Crippen molar-refractivity contribution >= 4 is 39.3 Å². The number of benzene rings is 2. The summed E-state index contributed by atoms with van der Waals surface area (Å²) < 4.78 is 0. The third-order valence-corrected chi connectivity index (χ3v) is 3.89. The molecule has 124 valence electrons. The first-order valence-corrected chi connectivity index (χ1v) is 7.96. The van der Waals surface area contributed by atoms with E-state index in [0.29, 0.717) is 13.0 Å². The Morgan fingerprint density at radius 1 is 1.04 bits per heavy atom. The molecule has 0 fully saturated rings. The fourth-order valence-corrected chi connectivity index (χ4v) is 2.68. The van der Waals surface area contributed by atoms with Crippen molar-refractivity contribution in [3.63, 3.8) is 0 Å². The van der Waals surface area contributed by atoms with Crippen LogP contribution in [0.3, 0.4) is 0 Å². The first kappa shape index (κ1) is 15.1. The van der Waals surface area contributed by atoms with Gasteiger partial charge in [0.1, 0.15) is 12.1 Å². The van der Waals surface area contributed by atoms with Gasteiger partial charge in [-0.25, -0.2) is 15.0 Å². The van der Waals surface area contributed by atoms with Gasteiger partial charge in [0.15, 0.2) is 0 Å². The van der Waals surface area contributed by atoms with Gasteiger partial charge in [-0.05, 0) is 30.3 Å². The minimum Gasteiger partial charge on any atom is -0.369 e. The van der Waals surface area contributed by atoms with Crippen molar-refractivity contribution in [3.8, 4) is 0 Å². The highest BCUT2D eigenvalue weighted by molar-refractivity contribution is 5.93. The van der Waals surface area contributed by atoms with Crippen LogP contribution in [-0.2, 0) is 4.79 Å². The second-order valence-corrected chi connectivity index (χ2v) is 5.60. The normalized spacial score (nSPS) is 10.9. The first-order valence-electron chi connectivity index (χ1n) is 7.96. The molecule has 2 heterocycles. The van der Waals surface area contributed by atoms with E-state index in [1.165, 1.54) is 6.33 Å².